The smallest absolute Gasteiger partial charge is 0.178 e. The fourth-order valence-corrected chi connectivity index (χ4v) is 1.49. The molecule has 60 valence electrons. The molecule has 1 aliphatic heterocycles. The minimum atomic E-state index is 0.485. The number of likely N-dealkylation sites (tertiary alicyclic amines) is 1. The molecule has 0 aliphatic carbocycles. The Hall–Kier alpha value is -0.970. The molecule has 11 heavy (non-hydrogen) atoms. The van der Waals surface area contributed by atoms with Gasteiger partial charge in [0.1, 0.15) is 0 Å². The number of nitrogens with one attached hydrogen (secondary N) is 1. The highest BCUT2D eigenvalue weighted by Gasteiger charge is 2.23. The zero-order valence-corrected chi connectivity index (χ0v) is 6.49. The van der Waals surface area contributed by atoms with Crippen LogP contribution in [0.15, 0.2) is 0 Å². The highest BCUT2D eigenvalue weighted by atomic mass is 15.5. The van der Waals surface area contributed by atoms with E-state index in [9.17, 15) is 0 Å². The third kappa shape index (κ3) is 1.23. The van der Waals surface area contributed by atoms with Crippen molar-refractivity contribution in [3.05, 3.63) is 5.82 Å². The Morgan fingerprint density at radius 1 is 1.64 bits per heavy atom. The molecule has 0 aromatic carbocycles. The van der Waals surface area contributed by atoms with E-state index in [1.165, 1.54) is 0 Å². The molecule has 1 aromatic heterocycles. The number of H-pyrrole nitrogens is 1. The van der Waals surface area contributed by atoms with Gasteiger partial charge in [-0.05, 0) is 20.0 Å². The maximum Gasteiger partial charge on any atom is 0.178 e. The van der Waals surface area contributed by atoms with Crippen LogP contribution >= 0.6 is 0 Å². The zero-order valence-electron chi connectivity index (χ0n) is 6.49. The highest BCUT2D eigenvalue weighted by molar-refractivity contribution is 4.96. The van der Waals surface area contributed by atoms with Gasteiger partial charge in [-0.25, -0.2) is 0 Å². The van der Waals surface area contributed by atoms with E-state index in [2.05, 4.69) is 32.6 Å². The number of aromatic amines is 1. The summed E-state index contributed by atoms with van der Waals surface area (Å²) < 4.78 is 0. The lowest BCUT2D eigenvalue weighted by atomic mass is 10.1. The molecule has 0 saturated carbocycles. The van der Waals surface area contributed by atoms with Crippen LogP contribution in [0, 0.1) is 0 Å². The Morgan fingerprint density at radius 3 is 3.09 bits per heavy atom. The summed E-state index contributed by atoms with van der Waals surface area (Å²) in [6, 6.07) is 0. The molecule has 1 saturated heterocycles. The predicted molar refractivity (Wildman–Crippen MR) is 39.0 cm³/mol. The van der Waals surface area contributed by atoms with Crippen molar-refractivity contribution in [1.82, 2.24) is 25.5 Å². The molecule has 1 unspecified atom stereocenters. The molecule has 0 amide bonds. The molecule has 1 fully saturated rings. The van der Waals surface area contributed by atoms with Crippen LogP contribution in [0.4, 0.5) is 0 Å². The van der Waals surface area contributed by atoms with Crippen molar-refractivity contribution in [3.8, 4) is 0 Å². The van der Waals surface area contributed by atoms with Crippen LogP contribution in [0.2, 0.25) is 0 Å². The van der Waals surface area contributed by atoms with Crippen LogP contribution in [0.25, 0.3) is 0 Å². The second-order valence-corrected chi connectivity index (χ2v) is 3.02. The van der Waals surface area contributed by atoms with Crippen LogP contribution in [-0.2, 0) is 0 Å². The van der Waals surface area contributed by atoms with Gasteiger partial charge in [-0.3, -0.25) is 0 Å². The van der Waals surface area contributed by atoms with Crippen molar-refractivity contribution >= 4 is 0 Å². The van der Waals surface area contributed by atoms with E-state index in [4.69, 9.17) is 0 Å². The van der Waals surface area contributed by atoms with Gasteiger partial charge in [0.05, 0.1) is 0 Å². The molecule has 1 aromatic rings. The molecule has 2 heterocycles. The van der Waals surface area contributed by atoms with E-state index < -0.39 is 0 Å². The van der Waals surface area contributed by atoms with Gasteiger partial charge < -0.3 is 4.90 Å². The number of hydrogen-bond donors (Lipinski definition) is 1. The summed E-state index contributed by atoms with van der Waals surface area (Å²) in [5, 5.41) is 13.9. The third-order valence-corrected chi connectivity index (χ3v) is 2.12. The van der Waals surface area contributed by atoms with E-state index in [0.717, 1.165) is 25.3 Å². The summed E-state index contributed by atoms with van der Waals surface area (Å²) in [4.78, 5) is 2.28. The van der Waals surface area contributed by atoms with Crippen molar-refractivity contribution in [2.75, 3.05) is 20.1 Å². The molecule has 0 spiro atoms. The average Bonchev–Trinajstić information content (AvgIpc) is 2.55. The van der Waals surface area contributed by atoms with Gasteiger partial charge in [-0.15, -0.1) is 10.2 Å². The summed E-state index contributed by atoms with van der Waals surface area (Å²) in [7, 11) is 2.11. The summed E-state index contributed by atoms with van der Waals surface area (Å²) in [6.45, 7) is 2.19. The predicted octanol–water partition coefficient (Wildman–Crippen LogP) is -0.381. The first kappa shape index (κ1) is 6.72. The van der Waals surface area contributed by atoms with Gasteiger partial charge >= 0.3 is 0 Å². The molecular weight excluding hydrogens is 142 g/mol. The first-order chi connectivity index (χ1) is 5.36. The highest BCUT2D eigenvalue weighted by Crippen LogP contribution is 2.21. The van der Waals surface area contributed by atoms with Gasteiger partial charge in [0.15, 0.2) is 5.82 Å². The second kappa shape index (κ2) is 2.58. The summed E-state index contributed by atoms with van der Waals surface area (Å²) >= 11 is 0. The Morgan fingerprint density at radius 2 is 2.55 bits per heavy atom. The van der Waals surface area contributed by atoms with Crippen LogP contribution in [0.1, 0.15) is 18.2 Å². The summed E-state index contributed by atoms with van der Waals surface area (Å²) in [5.74, 6) is 1.34. The Bertz CT molecular complexity index is 219. The van der Waals surface area contributed by atoms with Crippen LogP contribution < -0.4 is 0 Å². The molecule has 1 aliphatic rings. The number of nitrogens with zero attached hydrogens (tertiary/aromatic N) is 4. The minimum Gasteiger partial charge on any atom is -0.306 e. The molecule has 0 bridgehead atoms. The van der Waals surface area contributed by atoms with Crippen molar-refractivity contribution in [2.24, 2.45) is 0 Å². The Labute approximate surface area is 64.8 Å². The molecule has 0 radical (unpaired) electrons. The summed E-state index contributed by atoms with van der Waals surface area (Å²) in [6.07, 6.45) is 1.15. The number of hydrogen-bond acceptors (Lipinski definition) is 4. The van der Waals surface area contributed by atoms with Crippen molar-refractivity contribution < 1.29 is 0 Å². The molecule has 1 atom stereocenters. The fraction of sp³-hybridized carbons (Fsp3) is 0.833. The molecule has 2 rings (SSSR count). The Kier molecular flexibility index (Phi) is 1.58. The monoisotopic (exact) mass is 153 g/mol. The molecule has 5 nitrogen and oxygen atoms in total. The average molecular weight is 153 g/mol. The van der Waals surface area contributed by atoms with Crippen molar-refractivity contribution in [3.63, 3.8) is 0 Å². The van der Waals surface area contributed by atoms with Crippen molar-refractivity contribution in [1.29, 1.82) is 0 Å². The van der Waals surface area contributed by atoms with E-state index >= 15 is 0 Å². The number of aromatic nitrogens is 4. The summed E-state index contributed by atoms with van der Waals surface area (Å²) in [5.41, 5.74) is 0. The molecular formula is C6H11N5. The van der Waals surface area contributed by atoms with Gasteiger partial charge in [0.25, 0.3) is 0 Å². The third-order valence-electron chi connectivity index (χ3n) is 2.12. The van der Waals surface area contributed by atoms with Gasteiger partial charge in [0.2, 0.25) is 0 Å². The first-order valence-corrected chi connectivity index (χ1v) is 3.78. The number of rotatable bonds is 1. The molecule has 5 heteroatoms. The maximum atomic E-state index is 3.96. The van der Waals surface area contributed by atoms with Gasteiger partial charge in [-0.1, -0.05) is 5.21 Å². The zero-order chi connectivity index (χ0) is 7.68. The van der Waals surface area contributed by atoms with Gasteiger partial charge in [-0.2, -0.15) is 5.21 Å². The van der Waals surface area contributed by atoms with Crippen LogP contribution in [0.3, 0.4) is 0 Å². The van der Waals surface area contributed by atoms with Crippen molar-refractivity contribution in [2.45, 2.75) is 12.3 Å². The van der Waals surface area contributed by atoms with E-state index in [1.54, 1.807) is 0 Å². The topological polar surface area (TPSA) is 57.7 Å². The lowest BCUT2D eigenvalue weighted by Gasteiger charge is -2.04. The van der Waals surface area contributed by atoms with E-state index in [1.807, 2.05) is 0 Å². The SMILES string of the molecule is CN1CCC(c2nn[nH]n2)C1. The maximum absolute atomic E-state index is 3.96. The standard InChI is InChI=1S/C6H11N5/c1-11-3-2-5(4-11)6-7-9-10-8-6/h5H,2-4H2,1H3,(H,7,8,9,10). The lowest BCUT2D eigenvalue weighted by Crippen LogP contribution is -2.13. The number of tetrazole rings is 1. The number of likely N-dealkylation sites (N-methyl/N-ethyl adjacent to an activating group) is 1. The van der Waals surface area contributed by atoms with Crippen LogP contribution in [-0.4, -0.2) is 45.7 Å². The van der Waals surface area contributed by atoms with Crippen LogP contribution in [0.5, 0.6) is 0 Å². The van der Waals surface area contributed by atoms with E-state index in [-0.39, 0.29) is 0 Å². The van der Waals surface area contributed by atoms with Gasteiger partial charge in [0, 0.05) is 12.5 Å². The largest absolute Gasteiger partial charge is 0.306 e. The first-order valence-electron chi connectivity index (χ1n) is 3.78. The minimum absolute atomic E-state index is 0.485. The second-order valence-electron chi connectivity index (χ2n) is 3.02. The normalized spacial score (nSPS) is 26.1. The fourth-order valence-electron chi connectivity index (χ4n) is 1.49. The lowest BCUT2D eigenvalue weighted by molar-refractivity contribution is 0.409. The Balaban J connectivity index is 2.08. The quantitative estimate of drug-likeness (QED) is 0.597. The van der Waals surface area contributed by atoms with E-state index in [0.29, 0.717) is 5.92 Å². The molecule has 1 N–H and O–H groups in total.